The molecule has 0 aliphatic heterocycles. The first-order valence-corrected chi connectivity index (χ1v) is 10.8. The molecule has 6 heteroatoms. The first-order valence-electron chi connectivity index (χ1n) is 9.97. The average Bonchev–Trinajstić information content (AvgIpc) is 3.34. The lowest BCUT2D eigenvalue weighted by Gasteiger charge is -2.10. The van der Waals surface area contributed by atoms with Gasteiger partial charge in [0.1, 0.15) is 5.75 Å². The minimum absolute atomic E-state index is 0.111. The fourth-order valence-electron chi connectivity index (χ4n) is 3.62. The van der Waals surface area contributed by atoms with Gasteiger partial charge >= 0.3 is 0 Å². The average molecular weight is 428 g/mol. The highest BCUT2D eigenvalue weighted by Crippen LogP contribution is 2.31. The Bertz CT molecular complexity index is 1430. The standard InChI is InChI=1S/C25H21N3O2S/c1-15-5-4-6-20(16(15)2)26-24(29)18-9-12-22-23(13-18)31-25-27-21(14-28(22)25)17-7-10-19(30-3)11-8-17/h4-14H,1-3H3,(H,26,29). The summed E-state index contributed by atoms with van der Waals surface area (Å²) in [7, 11) is 1.66. The first-order chi connectivity index (χ1) is 15.0. The molecule has 31 heavy (non-hydrogen) atoms. The summed E-state index contributed by atoms with van der Waals surface area (Å²) in [6.07, 6.45) is 2.03. The van der Waals surface area contributed by atoms with Crippen LogP contribution in [0.1, 0.15) is 21.5 Å². The Hall–Kier alpha value is -3.64. The fraction of sp³-hybridized carbons (Fsp3) is 0.120. The molecular weight excluding hydrogens is 406 g/mol. The van der Waals surface area contributed by atoms with E-state index in [1.807, 2.05) is 80.7 Å². The highest BCUT2D eigenvalue weighted by Gasteiger charge is 2.14. The molecule has 5 aromatic rings. The van der Waals surface area contributed by atoms with Crippen molar-refractivity contribution in [2.45, 2.75) is 13.8 Å². The molecule has 154 valence electrons. The van der Waals surface area contributed by atoms with Gasteiger partial charge in [0.2, 0.25) is 0 Å². The van der Waals surface area contributed by atoms with Gasteiger partial charge in [-0.2, -0.15) is 0 Å². The molecule has 0 atom stereocenters. The van der Waals surface area contributed by atoms with Gasteiger partial charge in [-0.25, -0.2) is 4.98 Å². The lowest BCUT2D eigenvalue weighted by Crippen LogP contribution is -2.12. The summed E-state index contributed by atoms with van der Waals surface area (Å²) < 4.78 is 8.33. The number of nitrogens with zero attached hydrogens (tertiary/aromatic N) is 2. The molecule has 1 amide bonds. The van der Waals surface area contributed by atoms with Gasteiger partial charge in [0.05, 0.1) is 23.0 Å². The summed E-state index contributed by atoms with van der Waals surface area (Å²) in [5, 5.41) is 3.03. The summed E-state index contributed by atoms with van der Waals surface area (Å²) >= 11 is 1.58. The number of thiazole rings is 1. The van der Waals surface area contributed by atoms with Gasteiger partial charge in [0.15, 0.2) is 4.96 Å². The summed E-state index contributed by atoms with van der Waals surface area (Å²) in [4.78, 5) is 18.5. The number of fused-ring (bicyclic) bond motifs is 3. The molecule has 0 spiro atoms. The number of aromatic nitrogens is 2. The van der Waals surface area contributed by atoms with E-state index >= 15 is 0 Å². The van der Waals surface area contributed by atoms with Crippen LogP contribution in [0, 0.1) is 13.8 Å². The largest absolute Gasteiger partial charge is 0.497 e. The minimum Gasteiger partial charge on any atom is -0.497 e. The third-order valence-corrected chi connectivity index (χ3v) is 6.61. The molecule has 0 aliphatic carbocycles. The lowest BCUT2D eigenvalue weighted by molar-refractivity contribution is 0.102. The molecular formula is C25H21N3O2S. The maximum absolute atomic E-state index is 12.8. The second kappa shape index (κ2) is 7.56. The third kappa shape index (κ3) is 3.45. The summed E-state index contributed by atoms with van der Waals surface area (Å²) in [6.45, 7) is 4.06. The van der Waals surface area contributed by atoms with E-state index in [1.54, 1.807) is 18.4 Å². The van der Waals surface area contributed by atoms with E-state index in [4.69, 9.17) is 9.72 Å². The molecule has 5 rings (SSSR count). The van der Waals surface area contributed by atoms with Crippen LogP contribution in [0.3, 0.4) is 0 Å². The van der Waals surface area contributed by atoms with Crippen molar-refractivity contribution in [3.63, 3.8) is 0 Å². The van der Waals surface area contributed by atoms with Gasteiger partial charge in [-0.3, -0.25) is 9.20 Å². The Morgan fingerprint density at radius 1 is 1.06 bits per heavy atom. The van der Waals surface area contributed by atoms with Gasteiger partial charge in [-0.1, -0.05) is 23.5 Å². The first kappa shape index (κ1) is 19.3. The van der Waals surface area contributed by atoms with Crippen molar-refractivity contribution in [2.24, 2.45) is 0 Å². The monoisotopic (exact) mass is 427 g/mol. The van der Waals surface area contributed by atoms with Crippen LogP contribution in [0.5, 0.6) is 5.75 Å². The number of methoxy groups -OCH3 is 1. The number of nitrogens with one attached hydrogen (secondary N) is 1. The molecule has 0 fully saturated rings. The van der Waals surface area contributed by atoms with Gasteiger partial charge in [0, 0.05) is 23.0 Å². The Labute approximate surface area is 183 Å². The van der Waals surface area contributed by atoms with Crippen LogP contribution in [0.25, 0.3) is 26.4 Å². The Kier molecular flexibility index (Phi) is 4.71. The second-order valence-corrected chi connectivity index (χ2v) is 8.50. The molecule has 0 unspecified atom stereocenters. The summed E-state index contributed by atoms with van der Waals surface area (Å²) in [6, 6.07) is 19.6. The van der Waals surface area contributed by atoms with E-state index < -0.39 is 0 Å². The second-order valence-electron chi connectivity index (χ2n) is 7.49. The zero-order valence-corrected chi connectivity index (χ0v) is 18.3. The highest BCUT2D eigenvalue weighted by molar-refractivity contribution is 7.23. The number of imidazole rings is 1. The number of carbonyl (C=O) groups is 1. The van der Waals surface area contributed by atoms with Crippen LogP contribution in [0.15, 0.2) is 66.9 Å². The van der Waals surface area contributed by atoms with Gasteiger partial charge in [0.25, 0.3) is 5.91 Å². The zero-order chi connectivity index (χ0) is 21.5. The zero-order valence-electron chi connectivity index (χ0n) is 17.5. The Balaban J connectivity index is 1.46. The van der Waals surface area contributed by atoms with Crippen molar-refractivity contribution in [2.75, 3.05) is 12.4 Å². The fourth-order valence-corrected chi connectivity index (χ4v) is 4.67. The molecule has 3 aromatic carbocycles. The van der Waals surface area contributed by atoms with Crippen LogP contribution in [0.2, 0.25) is 0 Å². The van der Waals surface area contributed by atoms with Crippen molar-refractivity contribution in [1.29, 1.82) is 0 Å². The van der Waals surface area contributed by atoms with Gasteiger partial charge in [-0.05, 0) is 73.5 Å². The van der Waals surface area contributed by atoms with Crippen molar-refractivity contribution < 1.29 is 9.53 Å². The maximum Gasteiger partial charge on any atom is 0.255 e. The van der Waals surface area contributed by atoms with Crippen molar-refractivity contribution in [3.8, 4) is 17.0 Å². The van der Waals surface area contributed by atoms with Crippen LogP contribution in [-0.2, 0) is 0 Å². The van der Waals surface area contributed by atoms with E-state index in [-0.39, 0.29) is 5.91 Å². The van der Waals surface area contributed by atoms with Crippen molar-refractivity contribution in [3.05, 3.63) is 83.6 Å². The number of amides is 1. The minimum atomic E-state index is -0.111. The molecule has 0 saturated carbocycles. The highest BCUT2D eigenvalue weighted by atomic mass is 32.1. The van der Waals surface area contributed by atoms with Gasteiger partial charge < -0.3 is 10.1 Å². The molecule has 2 aromatic heterocycles. The smallest absolute Gasteiger partial charge is 0.255 e. The van der Waals surface area contributed by atoms with Crippen LogP contribution in [0.4, 0.5) is 5.69 Å². The number of aryl methyl sites for hydroxylation is 1. The molecule has 0 saturated heterocycles. The Morgan fingerprint density at radius 2 is 1.87 bits per heavy atom. The summed E-state index contributed by atoms with van der Waals surface area (Å²) in [5.41, 5.74) is 6.69. The number of benzene rings is 3. The molecule has 0 bridgehead atoms. The van der Waals surface area contributed by atoms with E-state index in [1.165, 1.54) is 0 Å². The van der Waals surface area contributed by atoms with E-state index in [0.29, 0.717) is 5.56 Å². The number of hydrogen-bond donors (Lipinski definition) is 1. The van der Waals surface area contributed by atoms with E-state index in [2.05, 4.69) is 9.72 Å². The number of rotatable bonds is 4. The van der Waals surface area contributed by atoms with Gasteiger partial charge in [-0.15, -0.1) is 0 Å². The lowest BCUT2D eigenvalue weighted by atomic mass is 10.1. The summed E-state index contributed by atoms with van der Waals surface area (Å²) in [5.74, 6) is 0.711. The van der Waals surface area contributed by atoms with Crippen LogP contribution in [-0.4, -0.2) is 22.4 Å². The van der Waals surface area contributed by atoms with Crippen LogP contribution < -0.4 is 10.1 Å². The normalized spacial score (nSPS) is 11.2. The number of anilines is 1. The predicted octanol–water partition coefficient (Wildman–Crippen LogP) is 6.09. The number of ether oxygens (including phenoxy) is 1. The molecule has 2 heterocycles. The van der Waals surface area contributed by atoms with E-state index in [9.17, 15) is 4.79 Å². The van der Waals surface area contributed by atoms with Crippen molar-refractivity contribution in [1.82, 2.24) is 9.38 Å². The SMILES string of the molecule is COc1ccc(-c2cn3c(n2)sc2cc(C(=O)Nc4cccc(C)c4C)ccc23)cc1. The number of carbonyl (C=O) groups excluding carboxylic acids is 1. The van der Waals surface area contributed by atoms with Crippen molar-refractivity contribution >= 4 is 38.1 Å². The molecule has 1 N–H and O–H groups in total. The number of hydrogen-bond acceptors (Lipinski definition) is 4. The molecule has 0 radical (unpaired) electrons. The maximum atomic E-state index is 12.8. The molecule has 0 aliphatic rings. The molecule has 5 nitrogen and oxygen atoms in total. The predicted molar refractivity (Wildman–Crippen MR) is 126 cm³/mol. The van der Waals surface area contributed by atoms with E-state index in [0.717, 1.165) is 49.0 Å². The Morgan fingerprint density at radius 3 is 2.65 bits per heavy atom. The topological polar surface area (TPSA) is 55.6 Å². The quantitative estimate of drug-likeness (QED) is 0.377. The van der Waals surface area contributed by atoms with Crippen LogP contribution >= 0.6 is 11.3 Å². The third-order valence-electron chi connectivity index (χ3n) is 5.59.